The Balaban J connectivity index is 0.00000300. The Hall–Kier alpha value is -2.37. The Morgan fingerprint density at radius 1 is 1.07 bits per heavy atom. The minimum Gasteiger partial charge on any atom is -0.349 e. The SMILES string of the molecule is Cc1cc(C(=O)NC2CCCC2)ccc1NC(=O)C(C)C(N)c1ccccc1.Cl. The molecule has 3 rings (SSSR count). The first-order chi connectivity index (χ1) is 13.5. The van der Waals surface area contributed by atoms with Crippen LogP contribution in [0.4, 0.5) is 5.69 Å². The fraction of sp³-hybridized carbons (Fsp3) is 0.391. The van der Waals surface area contributed by atoms with Crippen LogP contribution in [0.2, 0.25) is 0 Å². The molecule has 0 spiro atoms. The summed E-state index contributed by atoms with van der Waals surface area (Å²) in [6.45, 7) is 3.72. The summed E-state index contributed by atoms with van der Waals surface area (Å²) in [5, 5.41) is 6.04. The molecule has 1 aliphatic rings. The van der Waals surface area contributed by atoms with Crippen molar-refractivity contribution in [3.63, 3.8) is 0 Å². The lowest BCUT2D eigenvalue weighted by Gasteiger charge is -2.20. The predicted octanol–water partition coefficient (Wildman–Crippen LogP) is 4.36. The first-order valence-electron chi connectivity index (χ1n) is 9.98. The third-order valence-electron chi connectivity index (χ3n) is 5.57. The zero-order valence-electron chi connectivity index (χ0n) is 17.0. The molecule has 0 aliphatic heterocycles. The predicted molar refractivity (Wildman–Crippen MR) is 119 cm³/mol. The number of benzene rings is 2. The lowest BCUT2D eigenvalue weighted by molar-refractivity contribution is -0.120. The zero-order valence-corrected chi connectivity index (χ0v) is 17.8. The van der Waals surface area contributed by atoms with Crippen LogP contribution < -0.4 is 16.4 Å². The summed E-state index contributed by atoms with van der Waals surface area (Å²) in [4.78, 5) is 25.1. The third-order valence-corrected chi connectivity index (χ3v) is 5.57. The maximum atomic E-state index is 12.7. The van der Waals surface area contributed by atoms with Gasteiger partial charge in [0, 0.05) is 23.3 Å². The minimum absolute atomic E-state index is 0. The summed E-state index contributed by atoms with van der Waals surface area (Å²) in [5.41, 5.74) is 9.37. The second-order valence-electron chi connectivity index (χ2n) is 7.70. The quantitative estimate of drug-likeness (QED) is 0.655. The van der Waals surface area contributed by atoms with E-state index in [-0.39, 0.29) is 42.2 Å². The number of halogens is 1. The molecule has 0 saturated heterocycles. The summed E-state index contributed by atoms with van der Waals surface area (Å²) < 4.78 is 0. The largest absolute Gasteiger partial charge is 0.349 e. The summed E-state index contributed by atoms with van der Waals surface area (Å²) in [6, 6.07) is 14.9. The van der Waals surface area contributed by atoms with Crippen molar-refractivity contribution >= 4 is 29.9 Å². The number of amides is 2. The van der Waals surface area contributed by atoms with Crippen molar-refractivity contribution in [2.24, 2.45) is 11.7 Å². The van der Waals surface area contributed by atoms with Gasteiger partial charge < -0.3 is 16.4 Å². The number of rotatable bonds is 6. The monoisotopic (exact) mass is 415 g/mol. The molecule has 0 aromatic heterocycles. The number of carbonyl (C=O) groups excluding carboxylic acids is 2. The number of anilines is 1. The Kier molecular flexibility index (Phi) is 8.23. The van der Waals surface area contributed by atoms with Crippen LogP contribution >= 0.6 is 12.4 Å². The van der Waals surface area contributed by atoms with E-state index in [2.05, 4.69) is 10.6 Å². The maximum absolute atomic E-state index is 12.7. The Morgan fingerprint density at radius 2 is 1.72 bits per heavy atom. The smallest absolute Gasteiger partial charge is 0.251 e. The van der Waals surface area contributed by atoms with Crippen molar-refractivity contribution in [3.8, 4) is 0 Å². The second-order valence-corrected chi connectivity index (χ2v) is 7.70. The molecule has 4 N–H and O–H groups in total. The molecule has 2 unspecified atom stereocenters. The van der Waals surface area contributed by atoms with E-state index in [1.165, 1.54) is 12.8 Å². The number of carbonyl (C=O) groups is 2. The van der Waals surface area contributed by atoms with E-state index in [1.807, 2.05) is 50.2 Å². The highest BCUT2D eigenvalue weighted by Crippen LogP contribution is 2.23. The van der Waals surface area contributed by atoms with Crippen LogP contribution in [0, 0.1) is 12.8 Å². The van der Waals surface area contributed by atoms with E-state index in [0.29, 0.717) is 11.3 Å². The molecule has 0 bridgehead atoms. The van der Waals surface area contributed by atoms with Gasteiger partial charge in [0.2, 0.25) is 5.91 Å². The summed E-state index contributed by atoms with van der Waals surface area (Å²) >= 11 is 0. The summed E-state index contributed by atoms with van der Waals surface area (Å²) in [5.74, 6) is -0.568. The van der Waals surface area contributed by atoms with Crippen LogP contribution in [0.5, 0.6) is 0 Å². The molecule has 5 nitrogen and oxygen atoms in total. The molecular weight excluding hydrogens is 386 g/mol. The van der Waals surface area contributed by atoms with Gasteiger partial charge in [0.05, 0.1) is 5.92 Å². The van der Waals surface area contributed by atoms with E-state index in [0.717, 1.165) is 24.0 Å². The molecule has 1 aliphatic carbocycles. The first kappa shape index (κ1) is 22.9. The lowest BCUT2D eigenvalue weighted by atomic mass is 9.94. The van der Waals surface area contributed by atoms with E-state index < -0.39 is 0 Å². The van der Waals surface area contributed by atoms with Gasteiger partial charge in [-0.1, -0.05) is 50.1 Å². The Bertz CT molecular complexity index is 835. The molecule has 156 valence electrons. The van der Waals surface area contributed by atoms with Gasteiger partial charge in [-0.15, -0.1) is 12.4 Å². The van der Waals surface area contributed by atoms with Crippen LogP contribution in [-0.4, -0.2) is 17.9 Å². The van der Waals surface area contributed by atoms with E-state index in [9.17, 15) is 9.59 Å². The number of nitrogens with two attached hydrogens (primary N) is 1. The zero-order chi connectivity index (χ0) is 20.1. The maximum Gasteiger partial charge on any atom is 0.251 e. The van der Waals surface area contributed by atoms with Crippen LogP contribution in [0.15, 0.2) is 48.5 Å². The molecule has 2 aromatic carbocycles. The number of aryl methyl sites for hydroxylation is 1. The van der Waals surface area contributed by atoms with Crippen molar-refractivity contribution in [1.29, 1.82) is 0 Å². The summed E-state index contributed by atoms with van der Waals surface area (Å²) in [7, 11) is 0. The van der Waals surface area contributed by atoms with Gasteiger partial charge in [-0.05, 0) is 49.1 Å². The molecule has 1 fully saturated rings. The van der Waals surface area contributed by atoms with Gasteiger partial charge in [0.25, 0.3) is 5.91 Å². The van der Waals surface area contributed by atoms with Crippen LogP contribution in [0.25, 0.3) is 0 Å². The van der Waals surface area contributed by atoms with E-state index in [1.54, 1.807) is 12.1 Å². The highest BCUT2D eigenvalue weighted by Gasteiger charge is 2.23. The number of hydrogen-bond donors (Lipinski definition) is 3. The Morgan fingerprint density at radius 3 is 2.34 bits per heavy atom. The fourth-order valence-corrected chi connectivity index (χ4v) is 3.66. The summed E-state index contributed by atoms with van der Waals surface area (Å²) in [6.07, 6.45) is 4.47. The highest BCUT2D eigenvalue weighted by molar-refractivity contribution is 5.97. The molecule has 2 amide bonds. The van der Waals surface area contributed by atoms with Crippen molar-refractivity contribution in [3.05, 3.63) is 65.2 Å². The van der Waals surface area contributed by atoms with Gasteiger partial charge >= 0.3 is 0 Å². The van der Waals surface area contributed by atoms with Gasteiger partial charge in [-0.3, -0.25) is 9.59 Å². The average Bonchev–Trinajstić information content (AvgIpc) is 3.21. The molecular formula is C23H30ClN3O2. The van der Waals surface area contributed by atoms with Gasteiger partial charge in [-0.25, -0.2) is 0 Å². The van der Waals surface area contributed by atoms with Crippen molar-refractivity contribution < 1.29 is 9.59 Å². The third kappa shape index (κ3) is 5.81. The van der Waals surface area contributed by atoms with E-state index >= 15 is 0 Å². The normalized spacial score (nSPS) is 15.8. The molecule has 29 heavy (non-hydrogen) atoms. The number of hydrogen-bond acceptors (Lipinski definition) is 3. The highest BCUT2D eigenvalue weighted by atomic mass is 35.5. The molecule has 2 aromatic rings. The van der Waals surface area contributed by atoms with Gasteiger partial charge in [0.1, 0.15) is 0 Å². The Labute approximate surface area is 178 Å². The molecule has 0 radical (unpaired) electrons. The van der Waals surface area contributed by atoms with Gasteiger partial charge in [-0.2, -0.15) is 0 Å². The van der Waals surface area contributed by atoms with Crippen LogP contribution in [0.1, 0.15) is 60.1 Å². The van der Waals surface area contributed by atoms with Crippen molar-refractivity contribution in [1.82, 2.24) is 5.32 Å². The second kappa shape index (κ2) is 10.4. The van der Waals surface area contributed by atoms with Crippen molar-refractivity contribution in [2.75, 3.05) is 5.32 Å². The average molecular weight is 416 g/mol. The van der Waals surface area contributed by atoms with Crippen LogP contribution in [-0.2, 0) is 4.79 Å². The first-order valence-corrected chi connectivity index (χ1v) is 9.98. The fourth-order valence-electron chi connectivity index (χ4n) is 3.66. The molecule has 2 atom stereocenters. The topological polar surface area (TPSA) is 84.2 Å². The number of nitrogens with one attached hydrogen (secondary N) is 2. The van der Waals surface area contributed by atoms with Crippen LogP contribution in [0.3, 0.4) is 0 Å². The molecule has 0 heterocycles. The van der Waals surface area contributed by atoms with Crippen molar-refractivity contribution in [2.45, 2.75) is 51.6 Å². The molecule has 1 saturated carbocycles. The van der Waals surface area contributed by atoms with Gasteiger partial charge in [0.15, 0.2) is 0 Å². The standard InChI is InChI=1S/C23H29N3O2.ClH/c1-15-14-18(23(28)25-19-10-6-7-11-19)12-13-20(15)26-22(27)16(2)21(24)17-8-4-3-5-9-17;/h3-5,8-9,12-14,16,19,21H,6-7,10-11,24H2,1-2H3,(H,25,28)(H,26,27);1H. The lowest BCUT2D eigenvalue weighted by Crippen LogP contribution is -2.32. The van der Waals surface area contributed by atoms with E-state index in [4.69, 9.17) is 5.73 Å². The minimum atomic E-state index is -0.382. The molecule has 6 heteroatoms.